The summed E-state index contributed by atoms with van der Waals surface area (Å²) in [7, 11) is -2.17. The lowest BCUT2D eigenvalue weighted by Crippen LogP contribution is -2.12. The van der Waals surface area contributed by atoms with Crippen LogP contribution in [0.1, 0.15) is 5.82 Å². The number of hydrogen-bond donors (Lipinski definition) is 1. The van der Waals surface area contributed by atoms with E-state index in [-0.39, 0.29) is 27.3 Å². The number of nitrogens with zero attached hydrogens (tertiary/aromatic N) is 3. The molecule has 0 aliphatic heterocycles. The molecule has 0 amide bonds. The maximum absolute atomic E-state index is 11.2. The molecular formula is C10H10Cl2N4O3S. The number of rotatable bonds is 4. The Labute approximate surface area is 125 Å². The molecular weight excluding hydrogens is 327 g/mol. The Morgan fingerprint density at radius 1 is 1.35 bits per heavy atom. The molecule has 1 aromatic carbocycles. The first-order valence-electron chi connectivity index (χ1n) is 5.26. The fourth-order valence-corrected chi connectivity index (χ4v) is 2.72. The van der Waals surface area contributed by atoms with E-state index in [1.807, 2.05) is 0 Å². The SMILES string of the molecule is Cn1ncnc1COc1c(Cl)cc(S(N)(=O)=O)cc1Cl. The number of ether oxygens (including phenoxy) is 1. The third-order valence-electron chi connectivity index (χ3n) is 2.45. The molecule has 0 saturated heterocycles. The van der Waals surface area contributed by atoms with Crippen LogP contribution >= 0.6 is 23.2 Å². The summed E-state index contributed by atoms with van der Waals surface area (Å²) in [6, 6.07) is 2.35. The summed E-state index contributed by atoms with van der Waals surface area (Å²) in [4.78, 5) is 3.79. The lowest BCUT2D eigenvalue weighted by Gasteiger charge is -2.10. The minimum Gasteiger partial charge on any atom is -0.482 e. The van der Waals surface area contributed by atoms with Crippen LogP contribution < -0.4 is 9.88 Å². The molecule has 0 radical (unpaired) electrons. The van der Waals surface area contributed by atoms with Gasteiger partial charge in [0.25, 0.3) is 0 Å². The van der Waals surface area contributed by atoms with Crippen LogP contribution in [0.3, 0.4) is 0 Å². The van der Waals surface area contributed by atoms with Crippen LogP contribution in [-0.2, 0) is 23.7 Å². The van der Waals surface area contributed by atoms with E-state index in [9.17, 15) is 8.42 Å². The average Bonchev–Trinajstić information content (AvgIpc) is 2.72. The maximum atomic E-state index is 11.2. The van der Waals surface area contributed by atoms with E-state index >= 15 is 0 Å². The van der Waals surface area contributed by atoms with E-state index in [0.29, 0.717) is 5.82 Å². The van der Waals surface area contributed by atoms with Crippen molar-refractivity contribution in [2.24, 2.45) is 12.2 Å². The van der Waals surface area contributed by atoms with Crippen molar-refractivity contribution >= 4 is 33.2 Å². The van der Waals surface area contributed by atoms with Gasteiger partial charge in [-0.1, -0.05) is 23.2 Å². The van der Waals surface area contributed by atoms with Crippen LogP contribution in [0.2, 0.25) is 10.0 Å². The molecule has 2 N–H and O–H groups in total. The van der Waals surface area contributed by atoms with Gasteiger partial charge in [0.1, 0.15) is 12.9 Å². The molecule has 2 aromatic rings. The summed E-state index contributed by atoms with van der Waals surface area (Å²) in [6.45, 7) is 0.0880. The van der Waals surface area contributed by atoms with E-state index in [0.717, 1.165) is 0 Å². The Morgan fingerprint density at radius 2 is 1.95 bits per heavy atom. The molecule has 10 heteroatoms. The number of benzene rings is 1. The Morgan fingerprint density at radius 3 is 2.40 bits per heavy atom. The van der Waals surface area contributed by atoms with Gasteiger partial charge >= 0.3 is 0 Å². The summed E-state index contributed by atoms with van der Waals surface area (Å²) in [6.07, 6.45) is 1.38. The predicted molar refractivity (Wildman–Crippen MR) is 73.2 cm³/mol. The summed E-state index contributed by atoms with van der Waals surface area (Å²) < 4.78 is 29.4. The van der Waals surface area contributed by atoms with Gasteiger partial charge in [-0.25, -0.2) is 18.5 Å². The lowest BCUT2D eigenvalue weighted by molar-refractivity contribution is 0.290. The van der Waals surface area contributed by atoms with E-state index in [1.54, 1.807) is 7.05 Å². The van der Waals surface area contributed by atoms with Crippen molar-refractivity contribution in [2.45, 2.75) is 11.5 Å². The van der Waals surface area contributed by atoms with Crippen LogP contribution in [-0.4, -0.2) is 23.2 Å². The second kappa shape index (κ2) is 5.57. The highest BCUT2D eigenvalue weighted by molar-refractivity contribution is 7.89. The van der Waals surface area contributed by atoms with Gasteiger partial charge in [0.2, 0.25) is 10.0 Å². The third kappa shape index (κ3) is 3.21. The van der Waals surface area contributed by atoms with Crippen molar-refractivity contribution < 1.29 is 13.2 Å². The first kappa shape index (κ1) is 15.0. The van der Waals surface area contributed by atoms with Crippen molar-refractivity contribution in [2.75, 3.05) is 0 Å². The molecule has 2 rings (SSSR count). The monoisotopic (exact) mass is 336 g/mol. The minimum atomic E-state index is -3.88. The Balaban J connectivity index is 2.27. The van der Waals surface area contributed by atoms with Crippen molar-refractivity contribution in [3.05, 3.63) is 34.3 Å². The van der Waals surface area contributed by atoms with Gasteiger partial charge < -0.3 is 4.74 Å². The molecule has 108 valence electrons. The maximum Gasteiger partial charge on any atom is 0.238 e. The van der Waals surface area contributed by atoms with Crippen molar-refractivity contribution in [1.82, 2.24) is 14.8 Å². The number of hydrogen-bond acceptors (Lipinski definition) is 5. The molecule has 0 bridgehead atoms. The highest BCUT2D eigenvalue weighted by Gasteiger charge is 2.16. The van der Waals surface area contributed by atoms with Crippen molar-refractivity contribution in [3.8, 4) is 5.75 Å². The second-order valence-electron chi connectivity index (χ2n) is 3.85. The van der Waals surface area contributed by atoms with Crippen molar-refractivity contribution in [3.63, 3.8) is 0 Å². The molecule has 0 aliphatic rings. The number of aryl methyl sites for hydroxylation is 1. The molecule has 1 aromatic heterocycles. The first-order valence-corrected chi connectivity index (χ1v) is 7.57. The largest absolute Gasteiger partial charge is 0.482 e. The predicted octanol–water partition coefficient (Wildman–Crippen LogP) is 1.35. The van der Waals surface area contributed by atoms with E-state index in [2.05, 4.69) is 10.1 Å². The van der Waals surface area contributed by atoms with E-state index < -0.39 is 10.0 Å². The van der Waals surface area contributed by atoms with Crippen LogP contribution in [0.4, 0.5) is 0 Å². The van der Waals surface area contributed by atoms with Crippen LogP contribution in [0, 0.1) is 0 Å². The van der Waals surface area contributed by atoms with Gasteiger partial charge in [-0.2, -0.15) is 5.10 Å². The quantitative estimate of drug-likeness (QED) is 0.908. The van der Waals surface area contributed by atoms with Gasteiger partial charge in [0.05, 0.1) is 14.9 Å². The topological polar surface area (TPSA) is 100 Å². The lowest BCUT2D eigenvalue weighted by atomic mass is 10.3. The molecule has 0 saturated carbocycles. The third-order valence-corrected chi connectivity index (χ3v) is 3.91. The van der Waals surface area contributed by atoms with Crippen molar-refractivity contribution in [1.29, 1.82) is 0 Å². The Hall–Kier alpha value is -1.35. The average molecular weight is 337 g/mol. The molecule has 0 spiro atoms. The summed E-state index contributed by atoms with van der Waals surface area (Å²) in [5.74, 6) is 0.719. The number of aromatic nitrogens is 3. The highest BCUT2D eigenvalue weighted by Crippen LogP contribution is 2.35. The minimum absolute atomic E-state index is 0.0451. The Kier molecular flexibility index (Phi) is 4.19. The summed E-state index contributed by atoms with van der Waals surface area (Å²) in [5.41, 5.74) is 0. The first-order chi connectivity index (χ1) is 9.29. The highest BCUT2D eigenvalue weighted by atomic mass is 35.5. The normalized spacial score (nSPS) is 11.6. The molecule has 0 unspecified atom stereocenters. The molecule has 0 aliphatic carbocycles. The van der Waals surface area contributed by atoms with Gasteiger partial charge in [0.15, 0.2) is 11.6 Å². The number of halogens is 2. The zero-order chi connectivity index (χ0) is 14.9. The molecule has 1 heterocycles. The fraction of sp³-hybridized carbons (Fsp3) is 0.200. The molecule has 0 fully saturated rings. The summed E-state index contributed by atoms with van der Waals surface area (Å²) in [5, 5.41) is 8.98. The van der Waals surface area contributed by atoms with Crippen LogP contribution in [0.25, 0.3) is 0 Å². The standard InChI is InChI=1S/C10H10Cl2N4O3S/c1-16-9(14-5-15-16)4-19-10-7(11)2-6(3-8(10)12)20(13,17)18/h2-3,5H,4H2,1H3,(H2,13,17,18). The second-order valence-corrected chi connectivity index (χ2v) is 6.23. The van der Waals surface area contributed by atoms with Crippen LogP contribution in [0.15, 0.2) is 23.4 Å². The molecule has 7 nitrogen and oxygen atoms in total. The van der Waals surface area contributed by atoms with Gasteiger partial charge in [-0.05, 0) is 12.1 Å². The smallest absolute Gasteiger partial charge is 0.238 e. The van der Waals surface area contributed by atoms with Crippen LogP contribution in [0.5, 0.6) is 5.75 Å². The van der Waals surface area contributed by atoms with Gasteiger partial charge in [0, 0.05) is 7.05 Å². The fourth-order valence-electron chi connectivity index (χ4n) is 1.43. The Bertz CT molecular complexity index is 722. The number of sulfonamides is 1. The van der Waals surface area contributed by atoms with E-state index in [4.69, 9.17) is 33.1 Å². The number of primary sulfonamides is 1. The molecule has 20 heavy (non-hydrogen) atoms. The number of nitrogens with two attached hydrogens (primary N) is 1. The zero-order valence-electron chi connectivity index (χ0n) is 10.2. The summed E-state index contributed by atoms with van der Waals surface area (Å²) >= 11 is 11.9. The van der Waals surface area contributed by atoms with E-state index in [1.165, 1.54) is 23.1 Å². The molecule has 0 atom stereocenters. The van der Waals surface area contributed by atoms with Gasteiger partial charge in [-0.3, -0.25) is 4.68 Å². The zero-order valence-corrected chi connectivity index (χ0v) is 12.6. The van der Waals surface area contributed by atoms with Gasteiger partial charge in [-0.15, -0.1) is 0 Å².